The smallest absolute Gasteiger partial charge is 0.174 e. The summed E-state index contributed by atoms with van der Waals surface area (Å²) in [6.45, 7) is 6.10. The van der Waals surface area contributed by atoms with E-state index in [0.29, 0.717) is 5.75 Å². The number of nitrogens with zero attached hydrogens (tertiary/aromatic N) is 1. The molecule has 1 aromatic heterocycles. The van der Waals surface area contributed by atoms with Gasteiger partial charge in [0.15, 0.2) is 5.78 Å². The maximum absolute atomic E-state index is 12.3. The molecule has 0 amide bonds. The number of benzene rings is 1. The number of rotatable bonds is 4. The first-order valence-corrected chi connectivity index (χ1v) is 7.34. The minimum Gasteiger partial charge on any atom is -0.351 e. The van der Waals surface area contributed by atoms with Crippen LogP contribution in [0.4, 0.5) is 0 Å². The lowest BCUT2D eigenvalue weighted by molar-refractivity contribution is 0.102. The van der Waals surface area contributed by atoms with Gasteiger partial charge in [0, 0.05) is 28.9 Å². The van der Waals surface area contributed by atoms with E-state index in [2.05, 4.69) is 23.6 Å². The zero-order valence-electron chi connectivity index (χ0n) is 11.9. The summed E-state index contributed by atoms with van der Waals surface area (Å²) in [5.41, 5.74) is 4.25. The molecule has 0 aliphatic rings. The summed E-state index contributed by atoms with van der Waals surface area (Å²) < 4.78 is 2.06. The fraction of sp³-hybridized carbons (Fsp3) is 0.312. The van der Waals surface area contributed by atoms with Gasteiger partial charge in [0.25, 0.3) is 0 Å². The first kappa shape index (κ1) is 13.9. The SMILES string of the molecule is Cc1ccccc1SCC(=O)c1cc(C)n(C)c1C. The Kier molecular flexibility index (Phi) is 4.15. The Morgan fingerprint density at radius 1 is 1.21 bits per heavy atom. The number of thioether (sulfide) groups is 1. The lowest BCUT2D eigenvalue weighted by atomic mass is 10.2. The third-order valence-electron chi connectivity index (χ3n) is 3.53. The molecule has 0 N–H and O–H groups in total. The van der Waals surface area contributed by atoms with Gasteiger partial charge in [0.05, 0.1) is 5.75 Å². The van der Waals surface area contributed by atoms with Crippen LogP contribution < -0.4 is 0 Å². The van der Waals surface area contributed by atoms with Crippen LogP contribution >= 0.6 is 11.8 Å². The van der Waals surface area contributed by atoms with Crippen LogP contribution in [0.1, 0.15) is 27.3 Å². The minimum atomic E-state index is 0.203. The summed E-state index contributed by atoms with van der Waals surface area (Å²) >= 11 is 1.62. The van der Waals surface area contributed by atoms with Crippen molar-refractivity contribution >= 4 is 17.5 Å². The van der Waals surface area contributed by atoms with E-state index >= 15 is 0 Å². The zero-order chi connectivity index (χ0) is 14.0. The van der Waals surface area contributed by atoms with E-state index in [1.54, 1.807) is 11.8 Å². The van der Waals surface area contributed by atoms with Gasteiger partial charge in [-0.25, -0.2) is 0 Å². The predicted molar refractivity (Wildman–Crippen MR) is 81.1 cm³/mol. The third-order valence-corrected chi connectivity index (χ3v) is 4.70. The molecule has 0 atom stereocenters. The topological polar surface area (TPSA) is 22.0 Å². The molecule has 19 heavy (non-hydrogen) atoms. The number of aromatic nitrogens is 1. The number of carbonyl (C=O) groups excluding carboxylic acids is 1. The van der Waals surface area contributed by atoms with Crippen LogP contribution in [0.2, 0.25) is 0 Å². The number of Topliss-reactive ketones (excluding diaryl/α,β-unsaturated/α-hetero) is 1. The summed E-state index contributed by atoms with van der Waals surface area (Å²) in [7, 11) is 2.00. The molecule has 1 aromatic carbocycles. The number of aryl methyl sites for hydroxylation is 2. The van der Waals surface area contributed by atoms with Crippen LogP contribution in [0.15, 0.2) is 35.2 Å². The first-order valence-electron chi connectivity index (χ1n) is 6.35. The molecule has 2 nitrogen and oxygen atoms in total. The molecule has 2 aromatic rings. The highest BCUT2D eigenvalue weighted by atomic mass is 32.2. The van der Waals surface area contributed by atoms with Gasteiger partial charge in [-0.05, 0) is 38.5 Å². The second-order valence-electron chi connectivity index (χ2n) is 4.82. The van der Waals surface area contributed by atoms with E-state index in [9.17, 15) is 4.79 Å². The van der Waals surface area contributed by atoms with Crippen molar-refractivity contribution in [3.63, 3.8) is 0 Å². The number of hydrogen-bond donors (Lipinski definition) is 0. The van der Waals surface area contributed by atoms with Crippen molar-refractivity contribution in [3.05, 3.63) is 52.8 Å². The maximum Gasteiger partial charge on any atom is 0.174 e. The second-order valence-corrected chi connectivity index (χ2v) is 5.84. The summed E-state index contributed by atoms with van der Waals surface area (Å²) in [5, 5.41) is 0. The molecule has 0 saturated heterocycles. The molecule has 2 rings (SSSR count). The van der Waals surface area contributed by atoms with Crippen molar-refractivity contribution < 1.29 is 4.79 Å². The average Bonchev–Trinajstić information content (AvgIpc) is 2.65. The molecule has 0 spiro atoms. The Morgan fingerprint density at radius 3 is 2.47 bits per heavy atom. The largest absolute Gasteiger partial charge is 0.351 e. The Bertz CT molecular complexity index is 613. The standard InChI is InChI=1S/C16H19NOS/c1-11-7-5-6-8-16(11)19-10-15(18)14-9-12(2)17(4)13(14)3/h5-9H,10H2,1-4H3. The van der Waals surface area contributed by atoms with Crippen LogP contribution in [-0.2, 0) is 7.05 Å². The van der Waals surface area contributed by atoms with E-state index in [1.807, 2.05) is 39.1 Å². The normalized spacial score (nSPS) is 10.7. The molecule has 100 valence electrons. The zero-order valence-corrected chi connectivity index (χ0v) is 12.7. The summed E-state index contributed by atoms with van der Waals surface area (Å²) in [6, 6.07) is 10.2. The van der Waals surface area contributed by atoms with Crippen LogP contribution in [0.5, 0.6) is 0 Å². The van der Waals surface area contributed by atoms with E-state index in [0.717, 1.165) is 17.0 Å². The third kappa shape index (κ3) is 2.92. The Hall–Kier alpha value is -1.48. The highest BCUT2D eigenvalue weighted by molar-refractivity contribution is 8.00. The molecular formula is C16H19NOS. The molecule has 0 aliphatic heterocycles. The quantitative estimate of drug-likeness (QED) is 0.622. The van der Waals surface area contributed by atoms with E-state index in [1.165, 1.54) is 10.5 Å². The van der Waals surface area contributed by atoms with Gasteiger partial charge < -0.3 is 4.57 Å². The van der Waals surface area contributed by atoms with Gasteiger partial charge in [0.2, 0.25) is 0 Å². The monoisotopic (exact) mass is 273 g/mol. The lowest BCUT2D eigenvalue weighted by Crippen LogP contribution is -2.04. The van der Waals surface area contributed by atoms with Crippen molar-refractivity contribution in [1.82, 2.24) is 4.57 Å². The van der Waals surface area contributed by atoms with Gasteiger partial charge in [-0.1, -0.05) is 18.2 Å². The van der Waals surface area contributed by atoms with Crippen LogP contribution in [0.3, 0.4) is 0 Å². The first-order chi connectivity index (χ1) is 9.00. The number of hydrogen-bond acceptors (Lipinski definition) is 2. The van der Waals surface area contributed by atoms with Crippen molar-refractivity contribution in [2.75, 3.05) is 5.75 Å². The Morgan fingerprint density at radius 2 is 1.89 bits per heavy atom. The molecule has 0 saturated carbocycles. The highest BCUT2D eigenvalue weighted by Gasteiger charge is 2.14. The maximum atomic E-state index is 12.3. The van der Waals surface area contributed by atoms with E-state index in [-0.39, 0.29) is 5.78 Å². The van der Waals surface area contributed by atoms with Gasteiger partial charge in [-0.3, -0.25) is 4.79 Å². The summed E-state index contributed by atoms with van der Waals surface area (Å²) in [4.78, 5) is 13.5. The van der Waals surface area contributed by atoms with Gasteiger partial charge in [0.1, 0.15) is 0 Å². The summed E-state index contributed by atoms with van der Waals surface area (Å²) in [6.07, 6.45) is 0. The van der Waals surface area contributed by atoms with Crippen molar-refractivity contribution in [2.45, 2.75) is 25.7 Å². The molecule has 0 fully saturated rings. The predicted octanol–water partition coefficient (Wildman–Crippen LogP) is 3.93. The Labute approximate surface area is 118 Å². The lowest BCUT2D eigenvalue weighted by Gasteiger charge is -2.05. The number of carbonyl (C=O) groups is 1. The van der Waals surface area contributed by atoms with Crippen molar-refractivity contribution in [1.29, 1.82) is 0 Å². The molecule has 0 aliphatic carbocycles. The van der Waals surface area contributed by atoms with Gasteiger partial charge in [-0.15, -0.1) is 11.8 Å². The fourth-order valence-corrected chi connectivity index (χ4v) is 2.99. The van der Waals surface area contributed by atoms with Crippen molar-refractivity contribution in [2.24, 2.45) is 7.05 Å². The average molecular weight is 273 g/mol. The Balaban J connectivity index is 2.10. The van der Waals surface area contributed by atoms with Crippen LogP contribution in [0, 0.1) is 20.8 Å². The molecular weight excluding hydrogens is 254 g/mol. The molecule has 0 bridgehead atoms. The summed E-state index contributed by atoms with van der Waals surface area (Å²) in [5.74, 6) is 0.698. The van der Waals surface area contributed by atoms with Crippen LogP contribution in [0.25, 0.3) is 0 Å². The highest BCUT2D eigenvalue weighted by Crippen LogP contribution is 2.24. The van der Waals surface area contributed by atoms with Crippen molar-refractivity contribution in [3.8, 4) is 0 Å². The molecule has 0 unspecified atom stereocenters. The molecule has 1 heterocycles. The van der Waals surface area contributed by atoms with Crippen LogP contribution in [-0.4, -0.2) is 16.1 Å². The minimum absolute atomic E-state index is 0.203. The molecule has 0 radical (unpaired) electrons. The second kappa shape index (κ2) is 5.66. The van der Waals surface area contributed by atoms with Gasteiger partial charge in [-0.2, -0.15) is 0 Å². The van der Waals surface area contributed by atoms with E-state index in [4.69, 9.17) is 0 Å². The van der Waals surface area contributed by atoms with E-state index < -0.39 is 0 Å². The van der Waals surface area contributed by atoms with Gasteiger partial charge >= 0.3 is 0 Å². The molecule has 3 heteroatoms. The fourth-order valence-electron chi connectivity index (χ4n) is 2.08. The number of ketones is 1.